The molecule has 2 saturated heterocycles. The van der Waals surface area contributed by atoms with Gasteiger partial charge in [-0.1, -0.05) is 18.9 Å². The van der Waals surface area contributed by atoms with Crippen LogP contribution in [0.4, 0.5) is 18.0 Å². The fourth-order valence-corrected chi connectivity index (χ4v) is 4.40. The maximum atomic E-state index is 12.6. The molecule has 0 spiro atoms. The third kappa shape index (κ3) is 5.65. The number of rotatable bonds is 3. The van der Waals surface area contributed by atoms with Gasteiger partial charge in [0.2, 0.25) is 5.91 Å². The normalized spacial score (nSPS) is 23.4. The number of aliphatic carboxylic acids is 1. The molecule has 2 aliphatic heterocycles. The van der Waals surface area contributed by atoms with Gasteiger partial charge < -0.3 is 20.2 Å². The number of nitrogens with one attached hydrogen (secondary N) is 1. The standard InChI is InChI=1S/C18H24N4O2.C2HF3O2/c23-17-10-16-15(22(17)12-13-4-3-8-19-11-13)7-9-21(16)18(24)20-14-5-1-2-6-14;3-2(4,5)1(6)7/h3-4,8,11,14-16H,1-2,5-7,9-10,12H2,(H,20,24);(H,6,7)/t15-,16+;/m1./s1. The summed E-state index contributed by atoms with van der Waals surface area (Å²) in [7, 11) is 0. The fourth-order valence-electron chi connectivity index (χ4n) is 4.40. The average molecular weight is 442 g/mol. The molecule has 3 aliphatic rings. The Balaban J connectivity index is 0.000000339. The SMILES string of the molecule is O=C(O)C(F)(F)F.O=C1C[C@H]2[C@@H](CCN2C(=O)NC2CCCC2)N1Cc1cccnc1. The minimum Gasteiger partial charge on any atom is -0.475 e. The lowest BCUT2D eigenvalue weighted by Gasteiger charge is -2.26. The summed E-state index contributed by atoms with van der Waals surface area (Å²) in [4.78, 5) is 41.9. The van der Waals surface area contributed by atoms with E-state index in [2.05, 4.69) is 10.3 Å². The Bertz CT molecular complexity index is 799. The number of pyridine rings is 1. The topological polar surface area (TPSA) is 103 Å². The molecule has 1 saturated carbocycles. The van der Waals surface area contributed by atoms with Crippen LogP contribution in [0.3, 0.4) is 0 Å². The second-order valence-electron chi connectivity index (χ2n) is 7.94. The first-order valence-corrected chi connectivity index (χ1v) is 10.2. The van der Waals surface area contributed by atoms with E-state index >= 15 is 0 Å². The molecule has 11 heteroatoms. The third-order valence-electron chi connectivity index (χ3n) is 5.88. The first-order valence-electron chi connectivity index (χ1n) is 10.2. The molecule has 170 valence electrons. The van der Waals surface area contributed by atoms with Crippen molar-refractivity contribution < 1.29 is 32.7 Å². The van der Waals surface area contributed by atoms with E-state index in [1.54, 1.807) is 12.4 Å². The van der Waals surface area contributed by atoms with Gasteiger partial charge in [-0.3, -0.25) is 9.78 Å². The first-order chi connectivity index (χ1) is 14.7. The van der Waals surface area contributed by atoms with Crippen LogP contribution in [0.25, 0.3) is 0 Å². The Hall–Kier alpha value is -2.85. The highest BCUT2D eigenvalue weighted by atomic mass is 19.4. The average Bonchev–Trinajstić information content (AvgIpc) is 3.42. The number of carbonyl (C=O) groups is 3. The Morgan fingerprint density at radius 1 is 1.19 bits per heavy atom. The summed E-state index contributed by atoms with van der Waals surface area (Å²) in [6.45, 7) is 1.33. The van der Waals surface area contributed by atoms with Crippen molar-refractivity contribution in [2.45, 2.75) is 69.4 Å². The van der Waals surface area contributed by atoms with Crippen molar-refractivity contribution in [3.05, 3.63) is 30.1 Å². The van der Waals surface area contributed by atoms with Crippen LogP contribution in [0.1, 0.15) is 44.1 Å². The van der Waals surface area contributed by atoms with Crippen molar-refractivity contribution in [3.8, 4) is 0 Å². The predicted octanol–water partition coefficient (Wildman–Crippen LogP) is 2.54. The molecule has 31 heavy (non-hydrogen) atoms. The molecule has 8 nitrogen and oxygen atoms in total. The monoisotopic (exact) mass is 442 g/mol. The number of hydrogen-bond acceptors (Lipinski definition) is 4. The molecule has 3 amide bonds. The van der Waals surface area contributed by atoms with E-state index < -0.39 is 12.1 Å². The number of carboxylic acid groups (broad SMARTS) is 1. The van der Waals surface area contributed by atoms with Gasteiger partial charge >= 0.3 is 18.2 Å². The van der Waals surface area contributed by atoms with Gasteiger partial charge in [0.25, 0.3) is 0 Å². The molecular formula is C20H25F3N4O4. The lowest BCUT2D eigenvalue weighted by atomic mass is 10.1. The van der Waals surface area contributed by atoms with E-state index in [0.29, 0.717) is 19.0 Å². The maximum absolute atomic E-state index is 12.6. The van der Waals surface area contributed by atoms with Crippen LogP contribution in [0.2, 0.25) is 0 Å². The van der Waals surface area contributed by atoms with E-state index in [1.165, 1.54) is 12.8 Å². The number of fused-ring (bicyclic) bond motifs is 1. The van der Waals surface area contributed by atoms with Crippen LogP contribution >= 0.6 is 0 Å². The van der Waals surface area contributed by atoms with E-state index in [0.717, 1.165) is 31.4 Å². The highest BCUT2D eigenvalue weighted by Crippen LogP contribution is 2.33. The molecule has 2 N–H and O–H groups in total. The van der Waals surface area contributed by atoms with Gasteiger partial charge in [0.15, 0.2) is 0 Å². The fraction of sp³-hybridized carbons (Fsp3) is 0.600. The van der Waals surface area contributed by atoms with Gasteiger partial charge in [-0.15, -0.1) is 0 Å². The van der Waals surface area contributed by atoms with Crippen molar-refractivity contribution >= 4 is 17.9 Å². The van der Waals surface area contributed by atoms with Crippen molar-refractivity contribution in [3.63, 3.8) is 0 Å². The summed E-state index contributed by atoms with van der Waals surface area (Å²) in [5, 5.41) is 10.3. The minimum atomic E-state index is -5.08. The molecule has 2 atom stereocenters. The second-order valence-corrected chi connectivity index (χ2v) is 7.94. The van der Waals surface area contributed by atoms with E-state index in [1.807, 2.05) is 21.9 Å². The Morgan fingerprint density at radius 2 is 1.87 bits per heavy atom. The number of nitrogens with zero attached hydrogens (tertiary/aromatic N) is 3. The quantitative estimate of drug-likeness (QED) is 0.749. The summed E-state index contributed by atoms with van der Waals surface area (Å²) in [5.74, 6) is -2.61. The molecule has 4 rings (SSSR count). The van der Waals surface area contributed by atoms with E-state index in [-0.39, 0.29) is 24.0 Å². The molecule has 0 aromatic carbocycles. The molecule has 3 fully saturated rings. The third-order valence-corrected chi connectivity index (χ3v) is 5.88. The van der Waals surface area contributed by atoms with Crippen LogP contribution in [-0.2, 0) is 16.1 Å². The van der Waals surface area contributed by atoms with Crippen LogP contribution < -0.4 is 5.32 Å². The molecule has 0 bridgehead atoms. The van der Waals surface area contributed by atoms with Gasteiger partial charge in [0, 0.05) is 37.9 Å². The molecular weight excluding hydrogens is 417 g/mol. The van der Waals surface area contributed by atoms with Crippen LogP contribution in [0.5, 0.6) is 0 Å². The smallest absolute Gasteiger partial charge is 0.475 e. The lowest BCUT2D eigenvalue weighted by Crippen LogP contribution is -2.47. The van der Waals surface area contributed by atoms with Crippen LogP contribution in [0.15, 0.2) is 24.5 Å². The van der Waals surface area contributed by atoms with Crippen molar-refractivity contribution in [1.82, 2.24) is 20.1 Å². The van der Waals surface area contributed by atoms with Gasteiger partial charge in [0.05, 0.1) is 12.1 Å². The largest absolute Gasteiger partial charge is 0.490 e. The predicted molar refractivity (Wildman–Crippen MR) is 103 cm³/mol. The zero-order chi connectivity index (χ0) is 22.6. The number of hydrogen-bond donors (Lipinski definition) is 2. The van der Waals surface area contributed by atoms with Crippen molar-refractivity contribution in [1.29, 1.82) is 0 Å². The number of halogens is 3. The highest BCUT2D eigenvalue weighted by molar-refractivity contribution is 5.83. The van der Waals surface area contributed by atoms with E-state index in [9.17, 15) is 22.8 Å². The highest BCUT2D eigenvalue weighted by Gasteiger charge is 2.48. The zero-order valence-electron chi connectivity index (χ0n) is 16.8. The van der Waals surface area contributed by atoms with Gasteiger partial charge in [-0.25, -0.2) is 9.59 Å². The Morgan fingerprint density at radius 3 is 2.45 bits per heavy atom. The number of likely N-dealkylation sites (tertiary alicyclic amines) is 2. The number of alkyl halides is 3. The maximum Gasteiger partial charge on any atom is 0.490 e. The molecule has 0 radical (unpaired) electrons. The van der Waals surface area contributed by atoms with Crippen LogP contribution in [0, 0.1) is 0 Å². The number of carboxylic acids is 1. The summed E-state index contributed by atoms with van der Waals surface area (Å²) in [5.41, 5.74) is 1.04. The number of amides is 3. The molecule has 1 aliphatic carbocycles. The summed E-state index contributed by atoms with van der Waals surface area (Å²) >= 11 is 0. The van der Waals surface area contributed by atoms with Gasteiger partial charge in [0.1, 0.15) is 0 Å². The number of carbonyl (C=O) groups excluding carboxylic acids is 2. The summed E-state index contributed by atoms with van der Waals surface area (Å²) in [6.07, 6.45) is 4.35. The number of urea groups is 1. The zero-order valence-corrected chi connectivity index (χ0v) is 16.8. The lowest BCUT2D eigenvalue weighted by molar-refractivity contribution is -0.192. The van der Waals surface area contributed by atoms with Gasteiger partial charge in [-0.05, 0) is 30.9 Å². The second kappa shape index (κ2) is 9.52. The molecule has 1 aromatic rings. The summed E-state index contributed by atoms with van der Waals surface area (Å²) in [6, 6.07) is 4.39. The number of aromatic nitrogens is 1. The molecule has 3 heterocycles. The van der Waals surface area contributed by atoms with Crippen molar-refractivity contribution in [2.24, 2.45) is 0 Å². The van der Waals surface area contributed by atoms with Crippen molar-refractivity contribution in [2.75, 3.05) is 6.54 Å². The summed E-state index contributed by atoms with van der Waals surface area (Å²) < 4.78 is 31.7. The Labute approximate surface area is 177 Å². The van der Waals surface area contributed by atoms with E-state index in [4.69, 9.17) is 9.90 Å². The molecule has 0 unspecified atom stereocenters. The minimum absolute atomic E-state index is 0.0189. The van der Waals surface area contributed by atoms with Gasteiger partial charge in [-0.2, -0.15) is 13.2 Å². The first kappa shape index (κ1) is 22.8. The molecule has 1 aromatic heterocycles. The van der Waals surface area contributed by atoms with Crippen LogP contribution in [-0.4, -0.2) is 68.6 Å². The Kier molecular flexibility index (Phi) is 7.01.